The maximum absolute atomic E-state index is 13.1. The van der Waals surface area contributed by atoms with E-state index in [-0.39, 0.29) is 24.4 Å². The van der Waals surface area contributed by atoms with Gasteiger partial charge in [-0.1, -0.05) is 19.8 Å². The van der Waals surface area contributed by atoms with E-state index in [1.807, 2.05) is 11.4 Å². The number of hydrogen-bond acceptors (Lipinski definition) is 4. The molecule has 2 fully saturated rings. The van der Waals surface area contributed by atoms with Crippen molar-refractivity contribution in [2.45, 2.75) is 63.5 Å². The van der Waals surface area contributed by atoms with Gasteiger partial charge in [-0.05, 0) is 49.5 Å². The molecule has 1 aromatic rings. The number of amides is 4. The predicted octanol–water partition coefficient (Wildman–Crippen LogP) is 2.53. The Balaban J connectivity index is 1.48. The van der Waals surface area contributed by atoms with Crippen molar-refractivity contribution >= 4 is 29.2 Å². The Morgan fingerprint density at radius 3 is 2.96 bits per heavy atom. The van der Waals surface area contributed by atoms with Gasteiger partial charge >= 0.3 is 6.03 Å². The van der Waals surface area contributed by atoms with Gasteiger partial charge in [-0.2, -0.15) is 0 Å². The lowest BCUT2D eigenvalue weighted by molar-refractivity contribution is -0.136. The first-order valence-electron chi connectivity index (χ1n) is 9.51. The van der Waals surface area contributed by atoms with Crippen LogP contribution in [0.25, 0.3) is 0 Å². The van der Waals surface area contributed by atoms with E-state index in [9.17, 15) is 14.4 Å². The summed E-state index contributed by atoms with van der Waals surface area (Å²) in [6.45, 7) is 1.95. The SMILES string of the molecule is CC1CCCCC1NC(=O)CN1C(=O)NC2(CCCc3sccc32)C1=O. The van der Waals surface area contributed by atoms with Gasteiger partial charge in [0.15, 0.2) is 0 Å². The van der Waals surface area contributed by atoms with Gasteiger partial charge in [-0.3, -0.25) is 14.5 Å². The summed E-state index contributed by atoms with van der Waals surface area (Å²) in [6, 6.07) is 1.62. The van der Waals surface area contributed by atoms with Crippen LogP contribution in [-0.2, 0) is 21.5 Å². The van der Waals surface area contributed by atoms with E-state index >= 15 is 0 Å². The Morgan fingerprint density at radius 1 is 1.35 bits per heavy atom. The maximum Gasteiger partial charge on any atom is 0.325 e. The molecule has 26 heavy (non-hydrogen) atoms. The monoisotopic (exact) mass is 375 g/mol. The van der Waals surface area contributed by atoms with Crippen LogP contribution in [0.3, 0.4) is 0 Å². The van der Waals surface area contributed by atoms with Gasteiger partial charge in [-0.25, -0.2) is 4.79 Å². The van der Waals surface area contributed by atoms with Crippen molar-refractivity contribution in [3.63, 3.8) is 0 Å². The molecule has 1 saturated carbocycles. The number of thiophene rings is 1. The molecule has 3 aliphatic rings. The number of urea groups is 1. The van der Waals surface area contributed by atoms with Crippen LogP contribution >= 0.6 is 11.3 Å². The molecule has 140 valence electrons. The van der Waals surface area contributed by atoms with E-state index in [4.69, 9.17) is 0 Å². The molecule has 0 bridgehead atoms. The van der Waals surface area contributed by atoms with E-state index in [1.54, 1.807) is 11.3 Å². The third kappa shape index (κ3) is 2.82. The second-order valence-electron chi connectivity index (χ2n) is 7.77. The Hall–Kier alpha value is -1.89. The van der Waals surface area contributed by atoms with Crippen LogP contribution in [0.15, 0.2) is 11.4 Å². The second-order valence-corrected chi connectivity index (χ2v) is 8.77. The zero-order valence-electron chi connectivity index (χ0n) is 15.0. The molecule has 2 heterocycles. The van der Waals surface area contributed by atoms with Crippen molar-refractivity contribution < 1.29 is 14.4 Å². The number of imide groups is 1. The summed E-state index contributed by atoms with van der Waals surface area (Å²) in [4.78, 5) is 40.4. The third-order valence-electron chi connectivity index (χ3n) is 6.10. The molecule has 0 radical (unpaired) electrons. The van der Waals surface area contributed by atoms with Crippen molar-refractivity contribution in [2.75, 3.05) is 6.54 Å². The fourth-order valence-corrected chi connectivity index (χ4v) is 5.61. The molecule has 1 aliphatic heterocycles. The normalized spacial score (nSPS) is 31.0. The standard InChI is InChI=1S/C19H25N3O3S/c1-12-5-2-3-6-14(12)20-16(23)11-22-17(24)19(21-18(22)25)9-4-7-15-13(19)8-10-26-15/h8,10,12,14H,2-7,9,11H2,1H3,(H,20,23)(H,21,25). The van der Waals surface area contributed by atoms with Crippen molar-refractivity contribution in [3.8, 4) is 0 Å². The van der Waals surface area contributed by atoms with Crippen LogP contribution in [0.4, 0.5) is 4.79 Å². The van der Waals surface area contributed by atoms with Gasteiger partial charge in [0.25, 0.3) is 5.91 Å². The van der Waals surface area contributed by atoms with E-state index in [0.717, 1.165) is 47.4 Å². The van der Waals surface area contributed by atoms with Gasteiger partial charge < -0.3 is 10.6 Å². The number of carbonyl (C=O) groups excluding carboxylic acids is 3. The topological polar surface area (TPSA) is 78.5 Å². The number of fused-ring (bicyclic) bond motifs is 2. The highest BCUT2D eigenvalue weighted by atomic mass is 32.1. The zero-order valence-corrected chi connectivity index (χ0v) is 15.9. The molecule has 4 rings (SSSR count). The molecular weight excluding hydrogens is 350 g/mol. The van der Waals surface area contributed by atoms with Crippen molar-refractivity contribution in [1.82, 2.24) is 15.5 Å². The van der Waals surface area contributed by atoms with Crippen molar-refractivity contribution in [2.24, 2.45) is 5.92 Å². The molecule has 0 aromatic carbocycles. The fraction of sp³-hybridized carbons (Fsp3) is 0.632. The Bertz CT molecular complexity index is 746. The summed E-state index contributed by atoms with van der Waals surface area (Å²) in [5.74, 6) is -0.0896. The summed E-state index contributed by atoms with van der Waals surface area (Å²) in [6.07, 6.45) is 6.79. The Kier molecular flexibility index (Phi) is 4.50. The summed E-state index contributed by atoms with van der Waals surface area (Å²) >= 11 is 1.63. The highest BCUT2D eigenvalue weighted by Crippen LogP contribution is 2.42. The summed E-state index contributed by atoms with van der Waals surface area (Å²) in [7, 11) is 0. The van der Waals surface area contributed by atoms with Crippen LogP contribution in [-0.4, -0.2) is 35.3 Å². The van der Waals surface area contributed by atoms with Crippen LogP contribution < -0.4 is 10.6 Å². The quantitative estimate of drug-likeness (QED) is 0.797. The van der Waals surface area contributed by atoms with Crippen LogP contribution in [0, 0.1) is 5.92 Å². The predicted molar refractivity (Wildman–Crippen MR) is 98.7 cm³/mol. The molecule has 6 nitrogen and oxygen atoms in total. The van der Waals surface area contributed by atoms with E-state index in [0.29, 0.717) is 12.3 Å². The fourth-order valence-electron chi connectivity index (χ4n) is 4.61. The molecule has 3 atom stereocenters. The lowest BCUT2D eigenvalue weighted by Gasteiger charge is -2.31. The third-order valence-corrected chi connectivity index (χ3v) is 7.08. The molecule has 4 amide bonds. The minimum atomic E-state index is -0.969. The first-order valence-corrected chi connectivity index (χ1v) is 10.4. The molecule has 7 heteroatoms. The van der Waals surface area contributed by atoms with Gasteiger partial charge in [-0.15, -0.1) is 11.3 Å². The first kappa shape index (κ1) is 17.5. The Morgan fingerprint density at radius 2 is 2.15 bits per heavy atom. The van der Waals surface area contributed by atoms with Gasteiger partial charge in [0.2, 0.25) is 5.91 Å². The van der Waals surface area contributed by atoms with Gasteiger partial charge in [0, 0.05) is 16.5 Å². The molecule has 2 aliphatic carbocycles. The highest BCUT2D eigenvalue weighted by molar-refractivity contribution is 7.10. The molecule has 3 unspecified atom stereocenters. The molecular formula is C19H25N3O3S. The second kappa shape index (κ2) is 6.68. The van der Waals surface area contributed by atoms with Gasteiger partial charge in [0.1, 0.15) is 12.1 Å². The lowest BCUT2D eigenvalue weighted by atomic mass is 9.80. The highest BCUT2D eigenvalue weighted by Gasteiger charge is 2.54. The smallest absolute Gasteiger partial charge is 0.325 e. The Labute approximate surface area is 157 Å². The lowest BCUT2D eigenvalue weighted by Crippen LogP contribution is -2.48. The molecule has 1 spiro atoms. The average Bonchev–Trinajstić information content (AvgIpc) is 3.18. The first-order chi connectivity index (χ1) is 12.5. The number of carbonyl (C=O) groups is 3. The van der Waals surface area contributed by atoms with E-state index < -0.39 is 11.6 Å². The van der Waals surface area contributed by atoms with Crippen molar-refractivity contribution in [1.29, 1.82) is 0 Å². The van der Waals surface area contributed by atoms with E-state index in [1.165, 1.54) is 6.42 Å². The summed E-state index contributed by atoms with van der Waals surface area (Å²) in [5.41, 5.74) is -0.0563. The number of hydrogen-bond donors (Lipinski definition) is 2. The minimum absolute atomic E-state index is 0.143. The molecule has 1 saturated heterocycles. The average molecular weight is 375 g/mol. The summed E-state index contributed by atoms with van der Waals surface area (Å²) in [5, 5.41) is 7.89. The van der Waals surface area contributed by atoms with Gasteiger partial charge in [0.05, 0.1) is 0 Å². The van der Waals surface area contributed by atoms with Crippen molar-refractivity contribution in [3.05, 3.63) is 21.9 Å². The number of rotatable bonds is 3. The number of aryl methyl sites for hydroxylation is 1. The van der Waals surface area contributed by atoms with E-state index in [2.05, 4.69) is 17.6 Å². The molecule has 1 aromatic heterocycles. The molecule has 2 N–H and O–H groups in total. The largest absolute Gasteiger partial charge is 0.352 e. The number of nitrogens with zero attached hydrogens (tertiary/aromatic N) is 1. The maximum atomic E-state index is 13.1. The summed E-state index contributed by atoms with van der Waals surface area (Å²) < 4.78 is 0. The number of nitrogens with one attached hydrogen (secondary N) is 2. The van der Waals surface area contributed by atoms with Crippen LogP contribution in [0.5, 0.6) is 0 Å². The van der Waals surface area contributed by atoms with Crippen LogP contribution in [0.1, 0.15) is 55.9 Å². The minimum Gasteiger partial charge on any atom is -0.352 e. The van der Waals surface area contributed by atoms with Crippen LogP contribution in [0.2, 0.25) is 0 Å². The zero-order chi connectivity index (χ0) is 18.3.